The first kappa shape index (κ1) is 20.8. The predicted octanol–water partition coefficient (Wildman–Crippen LogP) is 5.44. The molecule has 0 aliphatic carbocycles. The summed E-state index contributed by atoms with van der Waals surface area (Å²) < 4.78 is 6.69. The highest BCUT2D eigenvalue weighted by molar-refractivity contribution is 7.22. The molecule has 0 unspecified atom stereocenters. The number of hydrazone groups is 1. The third kappa shape index (κ3) is 4.92. The Morgan fingerprint density at radius 3 is 2.69 bits per heavy atom. The lowest BCUT2D eigenvalue weighted by atomic mass is 10.1. The third-order valence-corrected chi connectivity index (χ3v) is 5.78. The zero-order valence-corrected chi connectivity index (χ0v) is 18.2. The lowest BCUT2D eigenvalue weighted by molar-refractivity contribution is -0.118. The smallest absolute Gasteiger partial charge is 0.262 e. The van der Waals surface area contributed by atoms with Crippen LogP contribution >= 0.6 is 11.3 Å². The number of fused-ring (bicyclic) bond motifs is 1. The van der Waals surface area contributed by atoms with Crippen LogP contribution in [0.2, 0.25) is 0 Å². The van der Waals surface area contributed by atoms with Crippen LogP contribution in [-0.2, 0) is 4.79 Å². The van der Waals surface area contributed by atoms with Crippen molar-refractivity contribution in [1.29, 1.82) is 0 Å². The number of thiazole rings is 1. The first-order valence-corrected chi connectivity index (χ1v) is 10.4. The van der Waals surface area contributed by atoms with Gasteiger partial charge in [0.1, 0.15) is 5.75 Å². The second-order valence-corrected chi connectivity index (χ2v) is 7.97. The van der Waals surface area contributed by atoms with Crippen LogP contribution < -0.4 is 15.5 Å². The number of carbonyl (C=O) groups excluding carboxylic acids is 1. The Balaban J connectivity index is 1.76. The van der Waals surface area contributed by atoms with Crippen LogP contribution in [0.25, 0.3) is 10.2 Å². The molecule has 0 radical (unpaired) electrons. The number of amides is 1. The van der Waals surface area contributed by atoms with E-state index < -0.39 is 0 Å². The fraction of sp³-hybridized carbons (Fsp3) is 0.318. The van der Waals surface area contributed by atoms with E-state index in [0.717, 1.165) is 49.9 Å². The van der Waals surface area contributed by atoms with Crippen molar-refractivity contribution in [2.75, 3.05) is 17.3 Å². The van der Waals surface area contributed by atoms with Gasteiger partial charge in [-0.25, -0.2) is 4.98 Å². The average Bonchev–Trinajstić information content (AvgIpc) is 3.11. The van der Waals surface area contributed by atoms with E-state index in [4.69, 9.17) is 4.74 Å². The Hall–Kier alpha value is -2.93. The molecule has 1 aromatic heterocycles. The molecule has 0 atom stereocenters. The van der Waals surface area contributed by atoms with Crippen LogP contribution in [0.5, 0.6) is 5.75 Å². The van der Waals surface area contributed by atoms with Crippen LogP contribution in [0.15, 0.2) is 35.4 Å². The fourth-order valence-corrected chi connectivity index (χ4v) is 3.78. The Morgan fingerprint density at radius 2 is 1.97 bits per heavy atom. The third-order valence-electron chi connectivity index (χ3n) is 4.69. The topological polar surface area (TPSA) is 75.6 Å². The van der Waals surface area contributed by atoms with Crippen molar-refractivity contribution in [3.8, 4) is 5.75 Å². The molecule has 0 fully saturated rings. The molecule has 152 valence electrons. The largest absolute Gasteiger partial charge is 0.483 e. The number of anilines is 2. The van der Waals surface area contributed by atoms with Crippen molar-refractivity contribution in [2.45, 2.75) is 41.0 Å². The second-order valence-electron chi connectivity index (χ2n) is 6.98. The Kier molecular flexibility index (Phi) is 6.49. The van der Waals surface area contributed by atoms with Crippen molar-refractivity contribution in [1.82, 2.24) is 4.98 Å². The van der Waals surface area contributed by atoms with Gasteiger partial charge in [-0.15, -0.1) is 0 Å². The number of para-hydroxylation sites is 1. The van der Waals surface area contributed by atoms with E-state index in [1.165, 1.54) is 11.3 Å². The lowest BCUT2D eigenvalue weighted by Gasteiger charge is -2.13. The summed E-state index contributed by atoms with van der Waals surface area (Å²) in [5.41, 5.74) is 8.69. The molecule has 0 spiro atoms. The van der Waals surface area contributed by atoms with E-state index in [-0.39, 0.29) is 12.5 Å². The van der Waals surface area contributed by atoms with Gasteiger partial charge >= 0.3 is 0 Å². The normalized spacial score (nSPS) is 11.6. The van der Waals surface area contributed by atoms with E-state index in [2.05, 4.69) is 27.8 Å². The summed E-state index contributed by atoms with van der Waals surface area (Å²) in [5.74, 6) is 0.525. The highest BCUT2D eigenvalue weighted by atomic mass is 32.1. The Bertz CT molecular complexity index is 1070. The highest BCUT2D eigenvalue weighted by Crippen LogP contribution is 2.35. The molecule has 29 heavy (non-hydrogen) atoms. The molecule has 3 aromatic rings. The minimum Gasteiger partial charge on any atom is -0.483 e. The summed E-state index contributed by atoms with van der Waals surface area (Å²) in [6.45, 7) is 9.91. The van der Waals surface area contributed by atoms with Crippen LogP contribution in [0.3, 0.4) is 0 Å². The minimum absolute atomic E-state index is 0.0394. The molecule has 3 rings (SSSR count). The summed E-state index contributed by atoms with van der Waals surface area (Å²) in [6, 6.07) is 9.64. The molecule has 1 amide bonds. The number of hydrogen-bond acceptors (Lipinski definition) is 6. The van der Waals surface area contributed by atoms with Crippen LogP contribution in [0.4, 0.5) is 10.8 Å². The first-order valence-electron chi connectivity index (χ1n) is 9.57. The summed E-state index contributed by atoms with van der Waals surface area (Å²) in [6.07, 6.45) is 0.886. The van der Waals surface area contributed by atoms with Crippen molar-refractivity contribution in [3.63, 3.8) is 0 Å². The minimum atomic E-state index is -0.190. The van der Waals surface area contributed by atoms with Crippen LogP contribution in [-0.4, -0.2) is 23.2 Å². The maximum absolute atomic E-state index is 12.5. The van der Waals surface area contributed by atoms with Gasteiger partial charge < -0.3 is 10.1 Å². The van der Waals surface area contributed by atoms with Gasteiger partial charge in [-0.2, -0.15) is 5.10 Å². The maximum Gasteiger partial charge on any atom is 0.262 e. The van der Waals surface area contributed by atoms with Gasteiger partial charge in [0.05, 0.1) is 10.2 Å². The van der Waals surface area contributed by atoms with Crippen molar-refractivity contribution < 1.29 is 9.53 Å². The SMILES string of the molecule is CC/C(C)=N/Nc1nc2cc(C)c(NC(=O)COc3ccccc3C)c(C)c2s1. The van der Waals surface area contributed by atoms with Gasteiger partial charge in [0.2, 0.25) is 5.13 Å². The number of aromatic nitrogens is 1. The zero-order chi connectivity index (χ0) is 21.0. The number of carbonyl (C=O) groups is 1. The monoisotopic (exact) mass is 410 g/mol. The van der Waals surface area contributed by atoms with Gasteiger partial charge in [-0.1, -0.05) is 36.5 Å². The Labute approximate surface area is 175 Å². The molecular formula is C22H26N4O2S. The zero-order valence-electron chi connectivity index (χ0n) is 17.4. The summed E-state index contributed by atoms with van der Waals surface area (Å²) >= 11 is 1.53. The molecule has 7 heteroatoms. The molecule has 2 aromatic carbocycles. The van der Waals surface area contributed by atoms with Crippen molar-refractivity contribution in [2.24, 2.45) is 5.10 Å². The van der Waals surface area contributed by atoms with Gasteiger partial charge in [-0.3, -0.25) is 10.2 Å². The summed E-state index contributed by atoms with van der Waals surface area (Å²) in [5, 5.41) is 8.05. The number of ether oxygens (including phenoxy) is 1. The molecular weight excluding hydrogens is 384 g/mol. The molecule has 6 nitrogen and oxygen atoms in total. The number of aryl methyl sites for hydroxylation is 3. The van der Waals surface area contributed by atoms with Crippen LogP contribution in [0, 0.1) is 20.8 Å². The number of benzene rings is 2. The van der Waals surface area contributed by atoms with Crippen molar-refractivity contribution >= 4 is 44.0 Å². The molecule has 0 saturated heterocycles. The van der Waals surface area contributed by atoms with Gasteiger partial charge in [0.25, 0.3) is 5.91 Å². The second kappa shape index (κ2) is 9.05. The van der Waals surface area contributed by atoms with E-state index >= 15 is 0 Å². The average molecular weight is 411 g/mol. The molecule has 0 saturated carbocycles. The number of hydrogen-bond donors (Lipinski definition) is 2. The van der Waals surface area contributed by atoms with Gasteiger partial charge in [0.15, 0.2) is 6.61 Å². The fourth-order valence-electron chi connectivity index (χ4n) is 2.88. The highest BCUT2D eigenvalue weighted by Gasteiger charge is 2.15. The summed E-state index contributed by atoms with van der Waals surface area (Å²) in [7, 11) is 0. The lowest BCUT2D eigenvalue weighted by Crippen LogP contribution is -2.21. The van der Waals surface area contributed by atoms with E-state index in [9.17, 15) is 4.79 Å². The number of nitrogens with zero attached hydrogens (tertiary/aromatic N) is 2. The molecule has 0 aliphatic heterocycles. The standard InChI is InChI=1S/C22H26N4O2S/c1-6-15(4)25-26-22-23-17-11-14(3)20(16(5)21(17)29-22)24-19(27)12-28-18-10-8-7-9-13(18)2/h7-11H,6,12H2,1-5H3,(H,23,26)(H,24,27)/b25-15+. The molecule has 0 bridgehead atoms. The molecule has 0 aliphatic rings. The van der Waals surface area contributed by atoms with E-state index in [0.29, 0.717) is 5.75 Å². The maximum atomic E-state index is 12.5. The van der Waals surface area contributed by atoms with E-state index in [1.54, 1.807) is 0 Å². The quantitative estimate of drug-likeness (QED) is 0.402. The molecule has 1 heterocycles. The van der Waals surface area contributed by atoms with Crippen molar-refractivity contribution in [3.05, 3.63) is 47.0 Å². The summed E-state index contributed by atoms with van der Waals surface area (Å²) in [4.78, 5) is 17.1. The first-order chi connectivity index (χ1) is 13.9. The number of nitrogens with one attached hydrogen (secondary N) is 2. The molecule has 2 N–H and O–H groups in total. The van der Waals surface area contributed by atoms with Crippen LogP contribution in [0.1, 0.15) is 37.0 Å². The van der Waals surface area contributed by atoms with E-state index in [1.807, 2.05) is 58.0 Å². The van der Waals surface area contributed by atoms with Gasteiger partial charge in [0, 0.05) is 11.4 Å². The van der Waals surface area contributed by atoms with Gasteiger partial charge in [-0.05, 0) is 62.9 Å². The Morgan fingerprint density at radius 1 is 1.21 bits per heavy atom. The number of rotatable bonds is 7. The predicted molar refractivity (Wildman–Crippen MR) is 121 cm³/mol.